The molecule has 0 aliphatic carbocycles. The number of benzene rings is 9. The molecule has 0 atom stereocenters. The third kappa shape index (κ3) is 6.30. The molecule has 0 bridgehead atoms. The minimum absolute atomic E-state index is 0.510. The van der Waals surface area contributed by atoms with Crippen LogP contribution in [0.3, 0.4) is 0 Å². The lowest BCUT2D eigenvalue weighted by atomic mass is 9.92. The summed E-state index contributed by atoms with van der Waals surface area (Å²) in [6.07, 6.45) is 0. The maximum Gasteiger partial charge on any atom is 0.197 e. The third-order valence-corrected chi connectivity index (χ3v) is 12.5. The van der Waals surface area contributed by atoms with Gasteiger partial charge in [0.2, 0.25) is 0 Å². The monoisotopic (exact) mass is 826 g/mol. The Labute approximate surface area is 375 Å². The Balaban J connectivity index is 1.21. The second-order valence-electron chi connectivity index (χ2n) is 16.2. The Morgan fingerprint density at radius 3 is 1.63 bits per heavy atom. The predicted octanol–water partition coefficient (Wildman–Crippen LogP) is 15.7. The van der Waals surface area contributed by atoms with Crippen LogP contribution >= 0.6 is 0 Å². The van der Waals surface area contributed by atoms with Crippen LogP contribution in [0.1, 0.15) is 16.7 Å². The number of nitrogens with zero attached hydrogens (tertiary/aromatic N) is 6. The Morgan fingerprint density at radius 1 is 0.415 bits per heavy atom. The fourth-order valence-electron chi connectivity index (χ4n) is 9.59. The number of hydrogen-bond donors (Lipinski definition) is 0. The maximum atomic E-state index is 9.75. The van der Waals surface area contributed by atoms with E-state index in [1.54, 1.807) is 0 Å². The van der Waals surface area contributed by atoms with Gasteiger partial charge >= 0.3 is 0 Å². The van der Waals surface area contributed by atoms with Gasteiger partial charge in [-0.05, 0) is 136 Å². The van der Waals surface area contributed by atoms with Crippen molar-refractivity contribution in [3.63, 3.8) is 0 Å². The molecule has 9 aromatic carbocycles. The van der Waals surface area contributed by atoms with Crippen molar-refractivity contribution in [2.24, 2.45) is 0 Å². The molecule has 11 aromatic rings. The minimum Gasteiger partial charge on any atom is -0.310 e. The van der Waals surface area contributed by atoms with E-state index in [9.17, 15) is 10.5 Å². The number of fused-ring (bicyclic) bond motifs is 6. The third-order valence-electron chi connectivity index (χ3n) is 12.5. The molecular weight excluding hydrogens is 793 g/mol. The summed E-state index contributed by atoms with van der Waals surface area (Å²) in [4.78, 5) is 7.93. The molecule has 0 saturated carbocycles. The Hall–Kier alpha value is -9.46. The van der Waals surface area contributed by atoms with Crippen molar-refractivity contribution in [2.45, 2.75) is 6.92 Å². The molecule has 2 heterocycles. The van der Waals surface area contributed by atoms with Gasteiger partial charge in [-0.25, -0.2) is 9.69 Å². The van der Waals surface area contributed by atoms with Crippen molar-refractivity contribution < 1.29 is 0 Å². The number of nitriles is 2. The highest BCUT2D eigenvalue weighted by Crippen LogP contribution is 2.47. The lowest BCUT2D eigenvalue weighted by Crippen LogP contribution is -2.02. The van der Waals surface area contributed by atoms with E-state index in [4.69, 9.17) is 13.1 Å². The molecule has 6 nitrogen and oxygen atoms in total. The van der Waals surface area contributed by atoms with Crippen molar-refractivity contribution in [2.75, 3.05) is 0 Å². The van der Waals surface area contributed by atoms with Gasteiger partial charge in [-0.2, -0.15) is 10.5 Å². The van der Waals surface area contributed by atoms with Crippen LogP contribution in [-0.2, 0) is 0 Å². The SMILES string of the molecule is [C-]#[N+]c1cccc(-c2ccc3c(c2)c2ccccc2n3-c2ccc(-c3ccc(C#N)cc3C)cc2-c2c([N+]#[C-])cccc2-n2c3ccccc3c3cc(-c4cccc(C#N)c4)ccc32)c1. The summed E-state index contributed by atoms with van der Waals surface area (Å²) < 4.78 is 4.59. The van der Waals surface area contributed by atoms with E-state index in [-0.39, 0.29) is 0 Å². The summed E-state index contributed by atoms with van der Waals surface area (Å²) in [5.74, 6) is 0. The normalized spacial score (nSPS) is 11.1. The van der Waals surface area contributed by atoms with Gasteiger partial charge in [0.15, 0.2) is 11.4 Å². The summed E-state index contributed by atoms with van der Waals surface area (Å²) in [7, 11) is 0. The molecule has 2 aromatic heterocycles. The van der Waals surface area contributed by atoms with Gasteiger partial charge in [-0.15, -0.1) is 0 Å². The first-order valence-electron chi connectivity index (χ1n) is 21.2. The van der Waals surface area contributed by atoms with Gasteiger partial charge in [-0.1, -0.05) is 103 Å². The fourth-order valence-corrected chi connectivity index (χ4v) is 9.59. The summed E-state index contributed by atoms with van der Waals surface area (Å²) in [5.41, 5.74) is 16.7. The van der Waals surface area contributed by atoms with Crippen LogP contribution in [0.15, 0.2) is 188 Å². The Morgan fingerprint density at radius 2 is 0.985 bits per heavy atom. The first kappa shape index (κ1) is 38.5. The van der Waals surface area contributed by atoms with Gasteiger partial charge in [0, 0.05) is 32.8 Å². The van der Waals surface area contributed by atoms with Crippen molar-refractivity contribution in [3.05, 3.63) is 228 Å². The molecule has 0 saturated heterocycles. The van der Waals surface area contributed by atoms with E-state index >= 15 is 0 Å². The van der Waals surface area contributed by atoms with Crippen LogP contribution < -0.4 is 0 Å². The van der Waals surface area contributed by atoms with Crippen LogP contribution in [0.2, 0.25) is 0 Å². The standard InChI is InChI=1S/C59H34N6/c1-37-29-39(36-61)21-25-46(37)44-24-28-57(64-53-18-6-4-15-47(53)49-33-43(23-26-55(49)64)41-13-9-14-45(31-41)62-2)51(34-44)59-52(63-3)17-10-20-58(59)65-54-19-7-5-16-48(54)50-32-42(22-27-56(50)65)40-12-8-11-38(30-40)35-60/h4-34H,1H3. The highest BCUT2D eigenvalue weighted by atomic mass is 15.0. The molecule has 300 valence electrons. The van der Waals surface area contributed by atoms with Crippen molar-refractivity contribution in [1.29, 1.82) is 10.5 Å². The average molecular weight is 827 g/mol. The second kappa shape index (κ2) is 15.5. The van der Waals surface area contributed by atoms with E-state index < -0.39 is 0 Å². The molecule has 0 aliphatic rings. The van der Waals surface area contributed by atoms with E-state index in [0.717, 1.165) is 105 Å². The summed E-state index contributed by atoms with van der Waals surface area (Å²) in [5, 5.41) is 23.7. The van der Waals surface area contributed by atoms with Gasteiger partial charge in [0.05, 0.1) is 64.2 Å². The predicted molar refractivity (Wildman–Crippen MR) is 264 cm³/mol. The lowest BCUT2D eigenvalue weighted by Gasteiger charge is -2.21. The fraction of sp³-hybridized carbons (Fsp3) is 0.0169. The molecule has 6 heteroatoms. The summed E-state index contributed by atoms with van der Waals surface area (Å²) >= 11 is 0. The highest BCUT2D eigenvalue weighted by molar-refractivity contribution is 6.13. The van der Waals surface area contributed by atoms with Gasteiger partial charge in [0.1, 0.15) is 0 Å². The average Bonchev–Trinajstić information content (AvgIpc) is 3.88. The van der Waals surface area contributed by atoms with Crippen molar-refractivity contribution in [3.8, 4) is 68.0 Å². The Bertz CT molecular complexity index is 3970. The minimum atomic E-state index is 0.510. The van der Waals surface area contributed by atoms with E-state index in [2.05, 4.69) is 140 Å². The quantitative estimate of drug-likeness (QED) is 0.157. The van der Waals surface area contributed by atoms with Crippen LogP contribution in [-0.4, -0.2) is 9.13 Å². The topological polar surface area (TPSA) is 66.2 Å². The molecule has 0 fully saturated rings. The smallest absolute Gasteiger partial charge is 0.197 e. The van der Waals surface area contributed by atoms with Crippen LogP contribution in [0.5, 0.6) is 0 Å². The van der Waals surface area contributed by atoms with Gasteiger partial charge < -0.3 is 9.13 Å². The van der Waals surface area contributed by atoms with Gasteiger partial charge in [0.25, 0.3) is 0 Å². The number of hydrogen-bond acceptors (Lipinski definition) is 2. The first-order valence-corrected chi connectivity index (χ1v) is 21.2. The van der Waals surface area contributed by atoms with E-state index in [1.807, 2.05) is 85.8 Å². The van der Waals surface area contributed by atoms with Gasteiger partial charge in [-0.3, -0.25) is 0 Å². The number of aryl methyl sites for hydroxylation is 1. The zero-order valence-corrected chi connectivity index (χ0v) is 35.1. The summed E-state index contributed by atoms with van der Waals surface area (Å²) in [6, 6.07) is 68.0. The molecule has 0 amide bonds. The largest absolute Gasteiger partial charge is 0.310 e. The molecule has 0 spiro atoms. The number of para-hydroxylation sites is 2. The van der Waals surface area contributed by atoms with Crippen molar-refractivity contribution in [1.82, 2.24) is 9.13 Å². The Kier molecular flexibility index (Phi) is 9.15. The van der Waals surface area contributed by atoms with Crippen molar-refractivity contribution >= 4 is 55.0 Å². The van der Waals surface area contributed by atoms with E-state index in [1.165, 1.54) is 0 Å². The molecule has 0 radical (unpaired) electrons. The molecule has 0 N–H and O–H groups in total. The molecule has 0 unspecified atom stereocenters. The maximum absolute atomic E-state index is 9.75. The molecule has 0 aliphatic heterocycles. The van der Waals surface area contributed by atoms with E-state index in [0.29, 0.717) is 22.5 Å². The number of aromatic nitrogens is 2. The van der Waals surface area contributed by atoms with Crippen LogP contribution in [0.25, 0.3) is 109 Å². The second-order valence-corrected chi connectivity index (χ2v) is 16.2. The zero-order chi connectivity index (χ0) is 44.2. The summed E-state index contributed by atoms with van der Waals surface area (Å²) in [6.45, 7) is 18.4. The molecule has 65 heavy (non-hydrogen) atoms. The molecule has 11 rings (SSSR count). The molecular formula is C59H34N6. The number of rotatable bonds is 6. The lowest BCUT2D eigenvalue weighted by molar-refractivity contribution is 1.16. The zero-order valence-electron chi connectivity index (χ0n) is 35.1. The van der Waals surface area contributed by atoms with Crippen LogP contribution in [0, 0.1) is 42.7 Å². The first-order chi connectivity index (χ1) is 32.0. The van der Waals surface area contributed by atoms with Crippen LogP contribution in [0.4, 0.5) is 11.4 Å². The highest BCUT2D eigenvalue weighted by Gasteiger charge is 2.24.